The zero-order valence-electron chi connectivity index (χ0n) is 12.4. The Bertz CT molecular complexity index is 264. The van der Waals surface area contributed by atoms with Crippen LogP contribution in [0.15, 0.2) is 0 Å². The van der Waals surface area contributed by atoms with Crippen LogP contribution in [0.25, 0.3) is 0 Å². The van der Waals surface area contributed by atoms with E-state index in [1.165, 1.54) is 0 Å². The second-order valence-electron chi connectivity index (χ2n) is 5.09. The molecular formula is C14H28N2O4. The summed E-state index contributed by atoms with van der Waals surface area (Å²) in [6.45, 7) is 5.32. The zero-order valence-corrected chi connectivity index (χ0v) is 12.4. The van der Waals surface area contributed by atoms with Crippen molar-refractivity contribution in [2.45, 2.75) is 44.8 Å². The Morgan fingerprint density at radius 2 is 2.20 bits per heavy atom. The molecule has 1 saturated heterocycles. The third-order valence-electron chi connectivity index (χ3n) is 3.21. The van der Waals surface area contributed by atoms with Gasteiger partial charge in [0.25, 0.3) is 0 Å². The standard InChI is InChI=1S/C14H28N2O4/c1-2-3-7-19-8-9-20-11-12(17)10-16-13-5-4-6-15-14(13)18/h12-13,16-17H,2-11H2,1H3,(H,15,18). The van der Waals surface area contributed by atoms with E-state index in [9.17, 15) is 9.90 Å². The highest BCUT2D eigenvalue weighted by molar-refractivity contribution is 5.82. The van der Waals surface area contributed by atoms with Gasteiger partial charge in [0.05, 0.1) is 32.0 Å². The Morgan fingerprint density at radius 1 is 1.40 bits per heavy atom. The second kappa shape index (κ2) is 11.0. The predicted molar refractivity (Wildman–Crippen MR) is 76.6 cm³/mol. The third-order valence-corrected chi connectivity index (χ3v) is 3.21. The van der Waals surface area contributed by atoms with Gasteiger partial charge in [0, 0.05) is 19.7 Å². The van der Waals surface area contributed by atoms with Crippen molar-refractivity contribution in [3.05, 3.63) is 0 Å². The number of unbranched alkanes of at least 4 members (excludes halogenated alkanes) is 1. The molecule has 0 spiro atoms. The summed E-state index contributed by atoms with van der Waals surface area (Å²) in [4.78, 5) is 11.5. The van der Waals surface area contributed by atoms with Gasteiger partial charge in [-0.2, -0.15) is 0 Å². The predicted octanol–water partition coefficient (Wildman–Crippen LogP) is 0.0488. The molecule has 1 amide bonds. The lowest BCUT2D eigenvalue weighted by molar-refractivity contribution is -0.124. The van der Waals surface area contributed by atoms with Gasteiger partial charge in [-0.05, 0) is 19.3 Å². The Morgan fingerprint density at radius 3 is 2.95 bits per heavy atom. The number of rotatable bonds is 11. The van der Waals surface area contributed by atoms with Crippen LogP contribution in [0.5, 0.6) is 0 Å². The van der Waals surface area contributed by atoms with Crippen LogP contribution in [0.1, 0.15) is 32.6 Å². The molecule has 6 nitrogen and oxygen atoms in total. The molecule has 2 atom stereocenters. The molecule has 1 aliphatic rings. The fourth-order valence-corrected chi connectivity index (χ4v) is 1.99. The second-order valence-corrected chi connectivity index (χ2v) is 5.09. The van der Waals surface area contributed by atoms with Crippen molar-refractivity contribution in [3.63, 3.8) is 0 Å². The van der Waals surface area contributed by atoms with Gasteiger partial charge in [-0.25, -0.2) is 0 Å². The largest absolute Gasteiger partial charge is 0.389 e. The summed E-state index contributed by atoms with van der Waals surface area (Å²) in [5.74, 6) is 0.0219. The van der Waals surface area contributed by atoms with Crippen LogP contribution in [0.4, 0.5) is 0 Å². The van der Waals surface area contributed by atoms with Crippen LogP contribution < -0.4 is 10.6 Å². The topological polar surface area (TPSA) is 79.8 Å². The van der Waals surface area contributed by atoms with E-state index >= 15 is 0 Å². The number of nitrogens with one attached hydrogen (secondary N) is 2. The van der Waals surface area contributed by atoms with Gasteiger partial charge in [0.15, 0.2) is 0 Å². The van der Waals surface area contributed by atoms with Crippen LogP contribution in [-0.4, -0.2) is 62.7 Å². The summed E-state index contributed by atoms with van der Waals surface area (Å²) in [7, 11) is 0. The fourth-order valence-electron chi connectivity index (χ4n) is 1.99. The normalized spacial score (nSPS) is 20.7. The average Bonchev–Trinajstić information content (AvgIpc) is 2.45. The van der Waals surface area contributed by atoms with Crippen LogP contribution in [0.2, 0.25) is 0 Å². The van der Waals surface area contributed by atoms with Gasteiger partial charge in [-0.1, -0.05) is 13.3 Å². The molecule has 2 unspecified atom stereocenters. The van der Waals surface area contributed by atoms with Crippen molar-refractivity contribution < 1.29 is 19.4 Å². The monoisotopic (exact) mass is 288 g/mol. The summed E-state index contributed by atoms with van der Waals surface area (Å²) >= 11 is 0. The summed E-state index contributed by atoms with van der Waals surface area (Å²) in [5.41, 5.74) is 0. The maximum absolute atomic E-state index is 11.5. The SMILES string of the molecule is CCCCOCCOCC(O)CNC1CCCNC1=O. The number of carbonyl (C=O) groups excluding carboxylic acids is 1. The number of aliphatic hydroxyl groups excluding tert-OH is 1. The number of hydrogen-bond acceptors (Lipinski definition) is 5. The molecular weight excluding hydrogens is 260 g/mol. The minimum absolute atomic E-state index is 0.0219. The number of piperidine rings is 1. The van der Waals surface area contributed by atoms with E-state index in [2.05, 4.69) is 17.6 Å². The summed E-state index contributed by atoms with van der Waals surface area (Å²) < 4.78 is 10.7. The maximum atomic E-state index is 11.5. The third kappa shape index (κ3) is 7.79. The first kappa shape index (κ1) is 17.4. The molecule has 0 saturated carbocycles. The first-order valence-electron chi connectivity index (χ1n) is 7.58. The quantitative estimate of drug-likeness (QED) is 0.468. The van der Waals surface area contributed by atoms with Crippen molar-refractivity contribution >= 4 is 5.91 Å². The molecule has 1 fully saturated rings. The molecule has 6 heteroatoms. The lowest BCUT2D eigenvalue weighted by Crippen LogP contribution is -2.50. The molecule has 0 aromatic carbocycles. The summed E-state index contributed by atoms with van der Waals surface area (Å²) in [6, 6.07) is -0.184. The van der Waals surface area contributed by atoms with Crippen molar-refractivity contribution in [2.24, 2.45) is 0 Å². The van der Waals surface area contributed by atoms with Gasteiger partial charge in [0.1, 0.15) is 0 Å². The smallest absolute Gasteiger partial charge is 0.237 e. The molecule has 1 rings (SSSR count). The molecule has 0 aromatic heterocycles. The molecule has 0 bridgehead atoms. The van der Waals surface area contributed by atoms with Gasteiger partial charge in [-0.3, -0.25) is 4.79 Å². The first-order valence-corrected chi connectivity index (χ1v) is 7.58. The van der Waals surface area contributed by atoms with Crippen molar-refractivity contribution in [1.82, 2.24) is 10.6 Å². The van der Waals surface area contributed by atoms with Crippen molar-refractivity contribution in [2.75, 3.05) is 39.5 Å². The minimum Gasteiger partial charge on any atom is -0.389 e. The lowest BCUT2D eigenvalue weighted by atomic mass is 10.1. The number of hydrogen-bond donors (Lipinski definition) is 3. The highest BCUT2D eigenvalue weighted by Gasteiger charge is 2.21. The Balaban J connectivity index is 1.94. The summed E-state index contributed by atoms with van der Waals surface area (Å²) in [5, 5.41) is 15.6. The minimum atomic E-state index is -0.597. The fraction of sp³-hybridized carbons (Fsp3) is 0.929. The molecule has 1 aliphatic heterocycles. The highest BCUT2D eigenvalue weighted by Crippen LogP contribution is 2.02. The molecule has 0 aliphatic carbocycles. The van der Waals surface area contributed by atoms with Crippen molar-refractivity contribution in [1.29, 1.82) is 0 Å². The van der Waals surface area contributed by atoms with E-state index < -0.39 is 6.10 Å². The van der Waals surface area contributed by atoms with Crippen LogP contribution in [0, 0.1) is 0 Å². The number of amides is 1. The Labute approximate surface area is 121 Å². The summed E-state index contributed by atoms with van der Waals surface area (Å²) in [6.07, 6.45) is 3.39. The van der Waals surface area contributed by atoms with E-state index in [1.54, 1.807) is 0 Å². The van der Waals surface area contributed by atoms with E-state index in [-0.39, 0.29) is 18.6 Å². The lowest BCUT2D eigenvalue weighted by Gasteiger charge is -2.24. The van der Waals surface area contributed by atoms with Gasteiger partial charge >= 0.3 is 0 Å². The van der Waals surface area contributed by atoms with E-state index in [1.807, 2.05) is 0 Å². The van der Waals surface area contributed by atoms with Crippen molar-refractivity contribution in [3.8, 4) is 0 Å². The van der Waals surface area contributed by atoms with Crippen LogP contribution in [0.3, 0.4) is 0 Å². The molecule has 0 aromatic rings. The highest BCUT2D eigenvalue weighted by atomic mass is 16.5. The van der Waals surface area contributed by atoms with E-state index in [0.717, 1.165) is 38.8 Å². The number of carbonyl (C=O) groups is 1. The van der Waals surface area contributed by atoms with Gasteiger partial charge in [0.2, 0.25) is 5.91 Å². The number of ether oxygens (including phenoxy) is 2. The maximum Gasteiger partial charge on any atom is 0.237 e. The zero-order chi connectivity index (χ0) is 14.6. The molecule has 20 heavy (non-hydrogen) atoms. The van der Waals surface area contributed by atoms with Crippen LogP contribution in [-0.2, 0) is 14.3 Å². The molecule has 1 heterocycles. The number of aliphatic hydroxyl groups is 1. The molecule has 3 N–H and O–H groups in total. The van der Waals surface area contributed by atoms with Gasteiger partial charge < -0.3 is 25.2 Å². The molecule has 0 radical (unpaired) electrons. The van der Waals surface area contributed by atoms with E-state index in [4.69, 9.17) is 9.47 Å². The van der Waals surface area contributed by atoms with E-state index in [0.29, 0.717) is 19.8 Å². The van der Waals surface area contributed by atoms with Crippen LogP contribution >= 0.6 is 0 Å². The first-order chi connectivity index (χ1) is 9.74. The molecule has 118 valence electrons. The average molecular weight is 288 g/mol. The Kier molecular flexibility index (Phi) is 9.57. The van der Waals surface area contributed by atoms with Gasteiger partial charge in [-0.15, -0.1) is 0 Å². The Hall–Kier alpha value is -0.690.